The van der Waals surface area contributed by atoms with Crippen LogP contribution >= 0.6 is 11.8 Å². The van der Waals surface area contributed by atoms with Crippen LogP contribution in [0.25, 0.3) is 0 Å². The second-order valence-electron chi connectivity index (χ2n) is 6.79. The summed E-state index contributed by atoms with van der Waals surface area (Å²) in [7, 11) is 0. The zero-order valence-electron chi connectivity index (χ0n) is 15.4. The molecule has 3 heterocycles. The second-order valence-corrected chi connectivity index (χ2v) is 7.75. The highest BCUT2D eigenvalue weighted by atomic mass is 32.2. The van der Waals surface area contributed by atoms with E-state index in [4.69, 9.17) is 4.42 Å². The summed E-state index contributed by atoms with van der Waals surface area (Å²) in [6, 6.07) is 7.31. The Morgan fingerprint density at radius 2 is 2.07 bits per heavy atom. The lowest BCUT2D eigenvalue weighted by Gasteiger charge is -2.08. The van der Waals surface area contributed by atoms with Crippen LogP contribution < -0.4 is 5.32 Å². The number of rotatable bonds is 5. The normalized spacial score (nSPS) is 18.8. The molecule has 150 valence electrons. The van der Waals surface area contributed by atoms with Gasteiger partial charge in [0.05, 0.1) is 11.8 Å². The first-order valence-corrected chi connectivity index (χ1v) is 9.94. The number of nitrogens with zero attached hydrogens (tertiary/aromatic N) is 2. The van der Waals surface area contributed by atoms with Gasteiger partial charge >= 0.3 is 0 Å². The number of amides is 1. The van der Waals surface area contributed by atoms with E-state index in [0.29, 0.717) is 5.75 Å². The molecule has 3 aromatic rings. The van der Waals surface area contributed by atoms with Crippen molar-refractivity contribution in [2.75, 3.05) is 6.54 Å². The molecule has 1 aromatic carbocycles. The van der Waals surface area contributed by atoms with Crippen molar-refractivity contribution in [3.8, 4) is 0 Å². The summed E-state index contributed by atoms with van der Waals surface area (Å²) >= 11 is 1.09. The van der Waals surface area contributed by atoms with Crippen molar-refractivity contribution in [1.82, 2.24) is 15.1 Å². The third kappa shape index (κ3) is 3.69. The first-order chi connectivity index (χ1) is 14.0. The number of thioether (sulfide) groups is 1. The van der Waals surface area contributed by atoms with E-state index in [1.807, 2.05) is 0 Å². The predicted molar refractivity (Wildman–Crippen MR) is 101 cm³/mol. The maximum Gasteiger partial charge on any atom is 0.282 e. The molecule has 1 saturated heterocycles. The van der Waals surface area contributed by atoms with Gasteiger partial charge in [-0.3, -0.25) is 9.59 Å². The van der Waals surface area contributed by atoms with Gasteiger partial charge in [0.2, 0.25) is 5.91 Å². The van der Waals surface area contributed by atoms with E-state index in [1.165, 1.54) is 30.7 Å². The van der Waals surface area contributed by atoms with Gasteiger partial charge in [-0.25, -0.2) is 8.78 Å². The van der Waals surface area contributed by atoms with E-state index >= 15 is 4.39 Å². The number of carbonyl (C=O) groups excluding carboxylic acids is 2. The van der Waals surface area contributed by atoms with Crippen molar-refractivity contribution >= 4 is 23.6 Å². The molecule has 2 aromatic heterocycles. The van der Waals surface area contributed by atoms with Gasteiger partial charge in [-0.2, -0.15) is 9.78 Å². The van der Waals surface area contributed by atoms with Gasteiger partial charge in [0, 0.05) is 24.1 Å². The van der Waals surface area contributed by atoms with Crippen LogP contribution in [0.3, 0.4) is 0 Å². The van der Waals surface area contributed by atoms with Gasteiger partial charge in [0.25, 0.3) is 5.91 Å². The Bertz CT molecular complexity index is 1050. The maximum atomic E-state index is 15.3. The van der Waals surface area contributed by atoms with Crippen molar-refractivity contribution in [2.45, 2.75) is 23.6 Å². The molecular weight excluding hydrogens is 400 g/mol. The van der Waals surface area contributed by atoms with Gasteiger partial charge in [-0.1, -0.05) is 30.8 Å². The third-order valence-electron chi connectivity index (χ3n) is 4.93. The first-order valence-electron chi connectivity index (χ1n) is 8.96. The molecule has 0 aliphatic carbocycles. The molecule has 1 aliphatic heterocycles. The number of carbonyl (C=O) groups is 2. The molecule has 1 fully saturated rings. The minimum atomic E-state index is -0.623. The zero-order chi connectivity index (χ0) is 20.5. The highest BCUT2D eigenvalue weighted by Gasteiger charge is 2.38. The number of nitrogens with one attached hydrogen (secondary N) is 1. The fourth-order valence-electron chi connectivity index (χ4n) is 3.20. The minimum Gasteiger partial charge on any atom is -0.472 e. The predicted octanol–water partition coefficient (Wildman–Crippen LogP) is 3.58. The molecular formula is C20H17F2N3O3S. The van der Waals surface area contributed by atoms with Gasteiger partial charge in [-0.05, 0) is 23.8 Å². The molecule has 1 aliphatic rings. The van der Waals surface area contributed by atoms with Crippen LogP contribution in [0.4, 0.5) is 8.78 Å². The molecule has 0 bridgehead atoms. The molecule has 9 heteroatoms. The van der Waals surface area contributed by atoms with Crippen molar-refractivity contribution in [2.24, 2.45) is 5.92 Å². The molecule has 2 atom stereocenters. The summed E-state index contributed by atoms with van der Waals surface area (Å²) < 4.78 is 34.4. The molecule has 0 radical (unpaired) electrons. The molecule has 1 amide bonds. The van der Waals surface area contributed by atoms with Gasteiger partial charge < -0.3 is 9.73 Å². The minimum absolute atomic E-state index is 0.0436. The smallest absolute Gasteiger partial charge is 0.282 e. The molecule has 29 heavy (non-hydrogen) atoms. The Balaban J connectivity index is 1.69. The Hall–Kier alpha value is -2.94. The number of hydrogen-bond acceptors (Lipinski definition) is 5. The number of halogens is 2. The van der Waals surface area contributed by atoms with Crippen molar-refractivity contribution in [1.29, 1.82) is 0 Å². The Labute approximate surface area is 169 Å². The first kappa shape index (κ1) is 19.4. The third-order valence-corrected chi connectivity index (χ3v) is 6.03. The van der Waals surface area contributed by atoms with Crippen LogP contribution in [0.1, 0.15) is 34.5 Å². The van der Waals surface area contributed by atoms with Crippen molar-refractivity contribution in [3.05, 3.63) is 71.3 Å². The van der Waals surface area contributed by atoms with Crippen LogP contribution in [-0.4, -0.2) is 28.1 Å². The lowest BCUT2D eigenvalue weighted by molar-refractivity contribution is -0.122. The highest BCUT2D eigenvalue weighted by molar-refractivity contribution is 7.98. The van der Waals surface area contributed by atoms with E-state index in [9.17, 15) is 14.0 Å². The average molecular weight is 417 g/mol. The van der Waals surface area contributed by atoms with Crippen LogP contribution in [0.5, 0.6) is 0 Å². The van der Waals surface area contributed by atoms with Gasteiger partial charge in [-0.15, -0.1) is 0 Å². The van der Waals surface area contributed by atoms with E-state index in [1.54, 1.807) is 19.1 Å². The SMILES string of the molecule is CC1C(=O)NCC1c1nn(C(=O)c2ccoc2)c(SCc2ccc(F)cc2)c1F. The summed E-state index contributed by atoms with van der Waals surface area (Å²) in [4.78, 5) is 24.7. The summed E-state index contributed by atoms with van der Waals surface area (Å²) in [6.45, 7) is 1.96. The van der Waals surface area contributed by atoms with Crippen LogP contribution in [-0.2, 0) is 10.5 Å². The fraction of sp³-hybridized carbons (Fsp3) is 0.250. The zero-order valence-corrected chi connectivity index (χ0v) is 16.2. The number of furan rings is 1. The summed E-state index contributed by atoms with van der Waals surface area (Å²) in [6.07, 6.45) is 2.61. The number of aromatic nitrogens is 2. The Morgan fingerprint density at radius 3 is 2.69 bits per heavy atom. The molecule has 6 nitrogen and oxygen atoms in total. The second kappa shape index (κ2) is 7.82. The largest absolute Gasteiger partial charge is 0.472 e. The van der Waals surface area contributed by atoms with Crippen LogP contribution in [0.2, 0.25) is 0 Å². The summed E-state index contributed by atoms with van der Waals surface area (Å²) in [5, 5.41) is 6.98. The van der Waals surface area contributed by atoms with E-state index in [2.05, 4.69) is 10.4 Å². The quantitative estimate of drug-likeness (QED) is 0.642. The lowest BCUT2D eigenvalue weighted by atomic mass is 9.94. The van der Waals surface area contributed by atoms with Crippen molar-refractivity contribution < 1.29 is 22.8 Å². The van der Waals surface area contributed by atoms with E-state index < -0.39 is 23.6 Å². The van der Waals surface area contributed by atoms with Crippen molar-refractivity contribution in [3.63, 3.8) is 0 Å². The standard InChI is InChI=1S/C20H17F2N3O3S/c1-11-15(8-23-18(11)26)17-16(22)20(29-10-12-2-4-14(21)5-3-12)25(24-17)19(27)13-6-7-28-9-13/h2-7,9,11,15H,8,10H2,1H3,(H,23,26). The van der Waals surface area contributed by atoms with Gasteiger partial charge in [0.15, 0.2) is 5.82 Å². The highest BCUT2D eigenvalue weighted by Crippen LogP contribution is 2.35. The van der Waals surface area contributed by atoms with Crippen LogP contribution in [0.15, 0.2) is 52.3 Å². The fourth-order valence-corrected chi connectivity index (χ4v) is 4.18. The maximum absolute atomic E-state index is 15.3. The molecule has 4 rings (SSSR count). The molecule has 0 spiro atoms. The Kier molecular flexibility index (Phi) is 5.23. The lowest BCUT2D eigenvalue weighted by Crippen LogP contribution is -2.17. The van der Waals surface area contributed by atoms with E-state index in [-0.39, 0.29) is 34.6 Å². The number of benzene rings is 1. The average Bonchev–Trinajstić information content (AvgIpc) is 3.43. The molecule has 2 unspecified atom stereocenters. The van der Waals surface area contributed by atoms with Gasteiger partial charge in [0.1, 0.15) is 22.8 Å². The molecule has 0 saturated carbocycles. The summed E-state index contributed by atoms with van der Waals surface area (Å²) in [5.41, 5.74) is 1.08. The Morgan fingerprint density at radius 1 is 1.31 bits per heavy atom. The summed E-state index contributed by atoms with van der Waals surface area (Å²) in [5.74, 6) is -2.29. The molecule has 1 N–H and O–H groups in total. The van der Waals surface area contributed by atoms with E-state index in [0.717, 1.165) is 22.0 Å². The topological polar surface area (TPSA) is 77.1 Å². The van der Waals surface area contributed by atoms with Crippen LogP contribution in [0, 0.1) is 17.6 Å². The monoisotopic (exact) mass is 417 g/mol. The number of hydrogen-bond donors (Lipinski definition) is 1.